The van der Waals surface area contributed by atoms with E-state index in [0.717, 1.165) is 12.1 Å². The minimum absolute atomic E-state index is 0.175. The van der Waals surface area contributed by atoms with Crippen LogP contribution in [0.5, 0.6) is 0 Å². The molecule has 0 bridgehead atoms. The number of nitrogens with one attached hydrogen (secondary N) is 1. The number of rotatable bonds is 6. The summed E-state index contributed by atoms with van der Waals surface area (Å²) in [6.07, 6.45) is 3.23. The quantitative estimate of drug-likeness (QED) is 0.867. The maximum atomic E-state index is 13.7. The molecule has 0 radical (unpaired) electrons. The third-order valence-corrected chi connectivity index (χ3v) is 3.84. The van der Waals surface area contributed by atoms with Crippen LogP contribution in [0.2, 0.25) is 0 Å². The first-order valence-corrected chi connectivity index (χ1v) is 7.78. The number of likely N-dealkylation sites (N-methyl/N-ethyl adjacent to an activating group) is 1. The number of aromatic nitrogens is 2. The zero-order valence-corrected chi connectivity index (χ0v) is 14.2. The highest BCUT2D eigenvalue weighted by Crippen LogP contribution is 2.17. The number of hydrogen-bond acceptors (Lipinski definition) is 3. The van der Waals surface area contributed by atoms with E-state index in [4.69, 9.17) is 0 Å². The molecule has 8 heteroatoms. The SMILES string of the molecule is CC(NC(=O)CN(C)C(=O)C(C)n1cccn1)c1ccc(F)cc1F. The highest BCUT2D eigenvalue weighted by atomic mass is 19.1. The second-order valence-corrected chi connectivity index (χ2v) is 5.81. The Morgan fingerprint density at radius 1 is 1.32 bits per heavy atom. The molecule has 0 aliphatic heterocycles. The summed E-state index contributed by atoms with van der Waals surface area (Å²) in [7, 11) is 1.51. The van der Waals surface area contributed by atoms with Gasteiger partial charge in [0.05, 0.1) is 12.6 Å². The lowest BCUT2D eigenvalue weighted by Gasteiger charge is -2.22. The zero-order chi connectivity index (χ0) is 18.6. The van der Waals surface area contributed by atoms with Crippen LogP contribution >= 0.6 is 0 Å². The van der Waals surface area contributed by atoms with Crippen LogP contribution in [0.4, 0.5) is 8.78 Å². The first-order chi connectivity index (χ1) is 11.8. The number of benzene rings is 1. The predicted molar refractivity (Wildman–Crippen MR) is 87.5 cm³/mol. The van der Waals surface area contributed by atoms with Gasteiger partial charge in [0.2, 0.25) is 11.8 Å². The number of carbonyl (C=O) groups is 2. The fraction of sp³-hybridized carbons (Fsp3) is 0.353. The van der Waals surface area contributed by atoms with Crippen molar-refractivity contribution in [3.63, 3.8) is 0 Å². The molecular weight excluding hydrogens is 330 g/mol. The first kappa shape index (κ1) is 18.6. The maximum Gasteiger partial charge on any atom is 0.247 e. The molecule has 2 atom stereocenters. The van der Waals surface area contributed by atoms with E-state index in [-0.39, 0.29) is 18.0 Å². The molecule has 134 valence electrons. The van der Waals surface area contributed by atoms with Crippen molar-refractivity contribution in [2.75, 3.05) is 13.6 Å². The average Bonchev–Trinajstić information content (AvgIpc) is 3.07. The summed E-state index contributed by atoms with van der Waals surface area (Å²) in [5.74, 6) is -2.14. The molecule has 0 fully saturated rings. The standard InChI is InChI=1S/C17H20F2N4O2/c1-11(14-6-5-13(18)9-15(14)19)21-16(24)10-22(3)17(25)12(2)23-8-4-7-20-23/h4-9,11-12H,10H2,1-3H3,(H,21,24). The third-order valence-electron chi connectivity index (χ3n) is 3.84. The molecule has 1 N–H and O–H groups in total. The minimum Gasteiger partial charge on any atom is -0.348 e. The van der Waals surface area contributed by atoms with E-state index in [0.29, 0.717) is 0 Å². The molecule has 2 aromatic rings. The van der Waals surface area contributed by atoms with Gasteiger partial charge in [-0.15, -0.1) is 0 Å². The molecule has 1 aromatic carbocycles. The number of carbonyl (C=O) groups excluding carboxylic acids is 2. The van der Waals surface area contributed by atoms with Crippen molar-refractivity contribution in [2.24, 2.45) is 0 Å². The second-order valence-electron chi connectivity index (χ2n) is 5.81. The fourth-order valence-corrected chi connectivity index (χ4v) is 2.45. The molecule has 25 heavy (non-hydrogen) atoms. The highest BCUT2D eigenvalue weighted by Gasteiger charge is 2.22. The van der Waals surface area contributed by atoms with Gasteiger partial charge in [0, 0.05) is 31.1 Å². The Labute approximate surface area is 144 Å². The van der Waals surface area contributed by atoms with E-state index in [9.17, 15) is 18.4 Å². The molecule has 0 saturated carbocycles. The van der Waals surface area contributed by atoms with Crippen molar-refractivity contribution < 1.29 is 18.4 Å². The van der Waals surface area contributed by atoms with E-state index < -0.39 is 29.6 Å². The molecule has 1 heterocycles. The van der Waals surface area contributed by atoms with E-state index >= 15 is 0 Å². The van der Waals surface area contributed by atoms with Crippen molar-refractivity contribution in [2.45, 2.75) is 25.9 Å². The monoisotopic (exact) mass is 350 g/mol. The van der Waals surface area contributed by atoms with E-state index in [1.165, 1.54) is 22.7 Å². The molecule has 1 aromatic heterocycles. The molecule has 0 saturated heterocycles. The van der Waals surface area contributed by atoms with Crippen LogP contribution in [0.15, 0.2) is 36.7 Å². The summed E-state index contributed by atoms with van der Waals surface area (Å²) >= 11 is 0. The Morgan fingerprint density at radius 3 is 2.64 bits per heavy atom. The summed E-state index contributed by atoms with van der Waals surface area (Å²) < 4.78 is 28.2. The van der Waals surface area contributed by atoms with Gasteiger partial charge in [-0.1, -0.05) is 6.07 Å². The summed E-state index contributed by atoms with van der Waals surface area (Å²) in [6, 6.07) is 3.68. The van der Waals surface area contributed by atoms with Crippen LogP contribution in [0, 0.1) is 11.6 Å². The Balaban J connectivity index is 1.93. The summed E-state index contributed by atoms with van der Waals surface area (Å²) in [5, 5.41) is 6.60. The maximum absolute atomic E-state index is 13.7. The number of amides is 2. The Hall–Kier alpha value is -2.77. The number of hydrogen-bond donors (Lipinski definition) is 1. The third kappa shape index (κ3) is 4.62. The van der Waals surface area contributed by atoms with Crippen molar-refractivity contribution in [1.82, 2.24) is 20.0 Å². The van der Waals surface area contributed by atoms with Crippen LogP contribution in [-0.4, -0.2) is 40.1 Å². The molecule has 0 aliphatic carbocycles. The van der Waals surface area contributed by atoms with Gasteiger partial charge in [-0.05, 0) is 26.0 Å². The molecule has 2 rings (SSSR count). The lowest BCUT2D eigenvalue weighted by Crippen LogP contribution is -2.41. The second kappa shape index (κ2) is 7.87. The van der Waals surface area contributed by atoms with Crippen LogP contribution < -0.4 is 5.32 Å². The van der Waals surface area contributed by atoms with Gasteiger partial charge in [0.15, 0.2) is 0 Å². The van der Waals surface area contributed by atoms with Crippen molar-refractivity contribution in [1.29, 1.82) is 0 Å². The van der Waals surface area contributed by atoms with E-state index in [1.54, 1.807) is 32.3 Å². The largest absolute Gasteiger partial charge is 0.348 e. The number of halogens is 2. The van der Waals surface area contributed by atoms with Crippen LogP contribution in [-0.2, 0) is 9.59 Å². The summed E-state index contributed by atoms with van der Waals surface area (Å²) in [5.41, 5.74) is 0.175. The summed E-state index contributed by atoms with van der Waals surface area (Å²) in [4.78, 5) is 25.7. The van der Waals surface area contributed by atoms with Crippen LogP contribution in [0.3, 0.4) is 0 Å². The first-order valence-electron chi connectivity index (χ1n) is 7.78. The lowest BCUT2D eigenvalue weighted by atomic mass is 10.1. The molecular formula is C17H20F2N4O2. The predicted octanol–water partition coefficient (Wildman–Crippen LogP) is 2.06. The van der Waals surface area contributed by atoms with Crippen LogP contribution in [0.1, 0.15) is 31.5 Å². The van der Waals surface area contributed by atoms with Gasteiger partial charge >= 0.3 is 0 Å². The Bertz CT molecular complexity index is 749. The molecule has 2 amide bonds. The van der Waals surface area contributed by atoms with Gasteiger partial charge in [0.1, 0.15) is 17.7 Å². The lowest BCUT2D eigenvalue weighted by molar-refractivity contribution is -0.137. The summed E-state index contributed by atoms with van der Waals surface area (Å²) in [6.45, 7) is 3.08. The van der Waals surface area contributed by atoms with Gasteiger partial charge < -0.3 is 10.2 Å². The van der Waals surface area contributed by atoms with Crippen LogP contribution in [0.25, 0.3) is 0 Å². The van der Waals surface area contributed by atoms with Crippen molar-refractivity contribution >= 4 is 11.8 Å². The molecule has 0 aliphatic rings. The van der Waals surface area contributed by atoms with Crippen molar-refractivity contribution in [3.05, 3.63) is 53.9 Å². The Kier molecular flexibility index (Phi) is 5.84. The fourth-order valence-electron chi connectivity index (χ4n) is 2.45. The minimum atomic E-state index is -0.732. The average molecular weight is 350 g/mol. The Morgan fingerprint density at radius 2 is 2.04 bits per heavy atom. The highest BCUT2D eigenvalue weighted by molar-refractivity contribution is 5.86. The molecule has 0 spiro atoms. The zero-order valence-electron chi connectivity index (χ0n) is 14.2. The van der Waals surface area contributed by atoms with E-state index in [1.807, 2.05) is 0 Å². The molecule has 2 unspecified atom stereocenters. The smallest absolute Gasteiger partial charge is 0.247 e. The van der Waals surface area contributed by atoms with Gasteiger partial charge in [-0.3, -0.25) is 14.3 Å². The normalized spacial score (nSPS) is 13.2. The van der Waals surface area contributed by atoms with Gasteiger partial charge in [0.25, 0.3) is 0 Å². The van der Waals surface area contributed by atoms with E-state index in [2.05, 4.69) is 10.4 Å². The van der Waals surface area contributed by atoms with Gasteiger partial charge in [-0.2, -0.15) is 5.10 Å². The van der Waals surface area contributed by atoms with Crippen molar-refractivity contribution in [3.8, 4) is 0 Å². The number of nitrogens with zero attached hydrogens (tertiary/aromatic N) is 3. The van der Waals surface area contributed by atoms with Gasteiger partial charge in [-0.25, -0.2) is 8.78 Å². The molecule has 6 nitrogen and oxygen atoms in total. The topological polar surface area (TPSA) is 67.2 Å².